The maximum absolute atomic E-state index is 13.3. The third-order valence-electron chi connectivity index (χ3n) is 5.20. The Kier molecular flexibility index (Phi) is 9.19. The van der Waals surface area contributed by atoms with Gasteiger partial charge in [0.2, 0.25) is 11.8 Å². The van der Waals surface area contributed by atoms with Crippen molar-refractivity contribution in [2.24, 2.45) is 0 Å². The molecular weight excluding hydrogens is 419 g/mol. The number of nitrogens with one attached hydrogen (secondary N) is 1. The van der Waals surface area contributed by atoms with Crippen LogP contribution in [-0.2, 0) is 22.6 Å². The molecule has 30 heavy (non-hydrogen) atoms. The van der Waals surface area contributed by atoms with E-state index in [1.165, 1.54) is 0 Å². The molecule has 2 unspecified atom stereocenters. The predicted octanol–water partition coefficient (Wildman–Crippen LogP) is 5.57. The number of hydrogen-bond acceptors (Lipinski definition) is 2. The van der Waals surface area contributed by atoms with Crippen LogP contribution in [0.2, 0.25) is 10.0 Å². The molecular formula is C24H30Cl2N2O2. The molecule has 0 radical (unpaired) electrons. The van der Waals surface area contributed by atoms with Crippen molar-refractivity contribution in [2.75, 3.05) is 0 Å². The van der Waals surface area contributed by atoms with Crippen molar-refractivity contribution in [3.8, 4) is 0 Å². The van der Waals surface area contributed by atoms with Crippen molar-refractivity contribution < 1.29 is 9.59 Å². The lowest BCUT2D eigenvalue weighted by atomic mass is 10.1. The molecule has 2 aromatic rings. The zero-order valence-corrected chi connectivity index (χ0v) is 19.6. The average Bonchev–Trinajstić information content (AvgIpc) is 2.71. The highest BCUT2D eigenvalue weighted by Crippen LogP contribution is 2.23. The summed E-state index contributed by atoms with van der Waals surface area (Å²) in [6, 6.07) is 12.7. The first kappa shape index (κ1) is 24.2. The first-order valence-electron chi connectivity index (χ1n) is 10.3. The van der Waals surface area contributed by atoms with Crippen LogP contribution in [0.1, 0.15) is 50.3 Å². The normalized spacial score (nSPS) is 12.9. The van der Waals surface area contributed by atoms with Gasteiger partial charge in [-0.15, -0.1) is 0 Å². The summed E-state index contributed by atoms with van der Waals surface area (Å²) in [4.78, 5) is 27.9. The molecule has 1 N–H and O–H groups in total. The van der Waals surface area contributed by atoms with Crippen LogP contribution in [0, 0.1) is 6.92 Å². The summed E-state index contributed by atoms with van der Waals surface area (Å²) in [5.74, 6) is -0.249. The Bertz CT molecular complexity index is 868. The Morgan fingerprint density at radius 1 is 0.967 bits per heavy atom. The zero-order valence-electron chi connectivity index (χ0n) is 18.0. The topological polar surface area (TPSA) is 49.4 Å². The average molecular weight is 449 g/mol. The molecule has 0 heterocycles. The molecule has 0 aliphatic carbocycles. The minimum Gasteiger partial charge on any atom is -0.352 e. The molecule has 2 aromatic carbocycles. The van der Waals surface area contributed by atoms with E-state index in [4.69, 9.17) is 23.2 Å². The second-order valence-corrected chi connectivity index (χ2v) is 8.49. The molecule has 0 aliphatic rings. The number of halogens is 2. The van der Waals surface area contributed by atoms with Crippen LogP contribution in [0.3, 0.4) is 0 Å². The van der Waals surface area contributed by atoms with Crippen LogP contribution in [0.4, 0.5) is 0 Å². The fourth-order valence-corrected chi connectivity index (χ4v) is 3.50. The first-order valence-corrected chi connectivity index (χ1v) is 11.1. The Balaban J connectivity index is 2.30. The van der Waals surface area contributed by atoms with Crippen LogP contribution in [0.5, 0.6) is 0 Å². The lowest BCUT2D eigenvalue weighted by Gasteiger charge is -2.31. The second kappa shape index (κ2) is 11.4. The van der Waals surface area contributed by atoms with Gasteiger partial charge in [-0.05, 0) is 49.9 Å². The van der Waals surface area contributed by atoms with Gasteiger partial charge in [-0.25, -0.2) is 0 Å². The highest BCUT2D eigenvalue weighted by atomic mass is 35.5. The monoisotopic (exact) mass is 448 g/mol. The SMILES string of the molecule is CCC(C)NC(=O)C(CC)N(Cc1ccc(C)cc1)C(=O)Cc1ccc(Cl)c(Cl)c1. The fraction of sp³-hybridized carbons (Fsp3) is 0.417. The lowest BCUT2D eigenvalue weighted by Crippen LogP contribution is -2.51. The Morgan fingerprint density at radius 2 is 1.60 bits per heavy atom. The van der Waals surface area contributed by atoms with Gasteiger partial charge in [-0.3, -0.25) is 9.59 Å². The molecule has 162 valence electrons. The van der Waals surface area contributed by atoms with Gasteiger partial charge in [0.15, 0.2) is 0 Å². The smallest absolute Gasteiger partial charge is 0.243 e. The minimum absolute atomic E-state index is 0.0537. The summed E-state index contributed by atoms with van der Waals surface area (Å²) in [5, 5.41) is 3.88. The number of carbonyl (C=O) groups excluding carboxylic acids is 2. The van der Waals surface area contributed by atoms with E-state index in [2.05, 4.69) is 5.32 Å². The van der Waals surface area contributed by atoms with Crippen LogP contribution in [0.15, 0.2) is 42.5 Å². The van der Waals surface area contributed by atoms with Crippen molar-refractivity contribution >= 4 is 35.0 Å². The number of rotatable bonds is 9. The standard InChI is InChI=1S/C24H30Cl2N2O2/c1-5-17(4)27-24(30)22(6-2)28(15-18-9-7-16(3)8-10-18)23(29)14-19-11-12-20(25)21(26)13-19/h7-13,17,22H,5-6,14-15H2,1-4H3,(H,27,30). The van der Waals surface area contributed by atoms with E-state index in [0.717, 1.165) is 23.1 Å². The molecule has 0 saturated heterocycles. The third-order valence-corrected chi connectivity index (χ3v) is 5.94. The van der Waals surface area contributed by atoms with Crippen molar-refractivity contribution in [1.29, 1.82) is 0 Å². The maximum Gasteiger partial charge on any atom is 0.243 e. The summed E-state index contributed by atoms with van der Waals surface area (Å²) in [6.07, 6.45) is 1.51. The minimum atomic E-state index is -0.546. The van der Waals surface area contributed by atoms with Gasteiger partial charge >= 0.3 is 0 Å². The Labute approximate surface area is 189 Å². The van der Waals surface area contributed by atoms with Gasteiger partial charge in [0, 0.05) is 12.6 Å². The molecule has 0 aromatic heterocycles. The van der Waals surface area contributed by atoms with Crippen molar-refractivity contribution in [1.82, 2.24) is 10.2 Å². The highest BCUT2D eigenvalue weighted by molar-refractivity contribution is 6.42. The zero-order chi connectivity index (χ0) is 22.3. The molecule has 2 amide bonds. The number of aryl methyl sites for hydroxylation is 1. The summed E-state index contributed by atoms with van der Waals surface area (Å²) >= 11 is 12.1. The molecule has 4 nitrogen and oxygen atoms in total. The van der Waals surface area contributed by atoms with Gasteiger partial charge in [0.05, 0.1) is 16.5 Å². The van der Waals surface area contributed by atoms with Gasteiger partial charge in [0.25, 0.3) is 0 Å². The van der Waals surface area contributed by atoms with Crippen LogP contribution in [0.25, 0.3) is 0 Å². The van der Waals surface area contributed by atoms with Gasteiger partial charge in [0.1, 0.15) is 6.04 Å². The van der Waals surface area contributed by atoms with E-state index in [9.17, 15) is 9.59 Å². The molecule has 2 rings (SSSR count). The third kappa shape index (κ3) is 6.75. The van der Waals surface area contributed by atoms with Crippen LogP contribution < -0.4 is 5.32 Å². The largest absolute Gasteiger partial charge is 0.352 e. The van der Waals surface area contributed by atoms with Gasteiger partial charge in [-0.1, -0.05) is 72.9 Å². The molecule has 0 saturated carbocycles. The second-order valence-electron chi connectivity index (χ2n) is 7.67. The summed E-state index contributed by atoms with van der Waals surface area (Å²) < 4.78 is 0. The van der Waals surface area contributed by atoms with Gasteiger partial charge in [-0.2, -0.15) is 0 Å². The lowest BCUT2D eigenvalue weighted by molar-refractivity contribution is -0.141. The Hall–Kier alpha value is -2.04. The summed E-state index contributed by atoms with van der Waals surface area (Å²) in [5.41, 5.74) is 2.90. The molecule has 2 atom stereocenters. The first-order chi connectivity index (χ1) is 14.2. The summed E-state index contributed by atoms with van der Waals surface area (Å²) in [6.45, 7) is 8.30. The van der Waals surface area contributed by atoms with E-state index in [0.29, 0.717) is 23.0 Å². The van der Waals surface area contributed by atoms with Crippen LogP contribution in [-0.4, -0.2) is 28.8 Å². The van der Waals surface area contributed by atoms with Crippen molar-refractivity contribution in [2.45, 2.75) is 65.6 Å². The van der Waals surface area contributed by atoms with E-state index in [1.54, 1.807) is 23.1 Å². The quantitative estimate of drug-likeness (QED) is 0.545. The molecule has 0 fully saturated rings. The maximum atomic E-state index is 13.3. The number of benzene rings is 2. The number of nitrogens with zero attached hydrogens (tertiary/aromatic N) is 1. The van der Waals surface area contributed by atoms with Crippen molar-refractivity contribution in [3.05, 3.63) is 69.2 Å². The number of carbonyl (C=O) groups is 2. The van der Waals surface area contributed by atoms with Gasteiger partial charge < -0.3 is 10.2 Å². The molecule has 0 aliphatic heterocycles. The van der Waals surface area contributed by atoms with E-state index in [1.807, 2.05) is 52.0 Å². The van der Waals surface area contributed by atoms with E-state index >= 15 is 0 Å². The fourth-order valence-electron chi connectivity index (χ4n) is 3.18. The van der Waals surface area contributed by atoms with Crippen LogP contribution >= 0.6 is 23.2 Å². The highest BCUT2D eigenvalue weighted by Gasteiger charge is 2.29. The predicted molar refractivity (Wildman–Crippen MR) is 124 cm³/mol. The number of amides is 2. The van der Waals surface area contributed by atoms with E-state index < -0.39 is 6.04 Å². The number of hydrogen-bond donors (Lipinski definition) is 1. The molecule has 0 bridgehead atoms. The Morgan fingerprint density at radius 3 is 2.17 bits per heavy atom. The molecule has 0 spiro atoms. The summed E-state index contributed by atoms with van der Waals surface area (Å²) in [7, 11) is 0. The van der Waals surface area contributed by atoms with E-state index in [-0.39, 0.29) is 24.3 Å². The van der Waals surface area contributed by atoms with Crippen molar-refractivity contribution in [3.63, 3.8) is 0 Å². The molecule has 6 heteroatoms.